The van der Waals surface area contributed by atoms with E-state index < -0.39 is 0 Å². The highest BCUT2D eigenvalue weighted by Gasteiger charge is 2.05. The van der Waals surface area contributed by atoms with Gasteiger partial charge in [-0.2, -0.15) is 0 Å². The van der Waals surface area contributed by atoms with Crippen molar-refractivity contribution in [2.24, 2.45) is 0 Å². The number of ether oxygens (including phenoxy) is 1. The molecule has 1 aromatic rings. The predicted octanol–water partition coefficient (Wildman–Crippen LogP) is 1.40. The average molecular weight is 165 g/mol. The minimum atomic E-state index is 0.490. The monoisotopic (exact) mass is 165 g/mol. The molecule has 1 aromatic carbocycles. The Hall–Kier alpha value is -1.51. The summed E-state index contributed by atoms with van der Waals surface area (Å²) < 4.78 is 5.03. The van der Waals surface area contributed by atoms with Crippen molar-refractivity contribution < 1.29 is 9.53 Å². The SMILES string of the molecule is COc1ccc(C=O)c(N)c1C. The number of aldehydes is 1. The maximum atomic E-state index is 10.5. The third kappa shape index (κ3) is 1.25. The van der Waals surface area contributed by atoms with Gasteiger partial charge in [0.2, 0.25) is 0 Å². The number of rotatable bonds is 2. The molecular weight excluding hydrogens is 154 g/mol. The molecule has 2 N–H and O–H groups in total. The summed E-state index contributed by atoms with van der Waals surface area (Å²) in [5.41, 5.74) is 7.46. The molecule has 0 heterocycles. The van der Waals surface area contributed by atoms with Crippen LogP contribution in [-0.2, 0) is 0 Å². The number of nitrogens with two attached hydrogens (primary N) is 1. The lowest BCUT2D eigenvalue weighted by atomic mass is 10.1. The van der Waals surface area contributed by atoms with Crippen LogP contribution in [0.2, 0.25) is 0 Å². The number of anilines is 1. The minimum Gasteiger partial charge on any atom is -0.496 e. The minimum absolute atomic E-state index is 0.490. The van der Waals surface area contributed by atoms with Crippen LogP contribution in [0.25, 0.3) is 0 Å². The number of methoxy groups -OCH3 is 1. The fourth-order valence-electron chi connectivity index (χ4n) is 1.05. The number of benzene rings is 1. The zero-order chi connectivity index (χ0) is 9.14. The summed E-state index contributed by atoms with van der Waals surface area (Å²) in [6.07, 6.45) is 0.738. The maximum Gasteiger partial charge on any atom is 0.152 e. The van der Waals surface area contributed by atoms with Crippen LogP contribution >= 0.6 is 0 Å². The van der Waals surface area contributed by atoms with E-state index in [4.69, 9.17) is 10.5 Å². The van der Waals surface area contributed by atoms with Crippen LogP contribution in [-0.4, -0.2) is 13.4 Å². The van der Waals surface area contributed by atoms with E-state index in [0.717, 1.165) is 11.8 Å². The van der Waals surface area contributed by atoms with E-state index in [1.807, 2.05) is 6.92 Å². The number of carbonyl (C=O) groups is 1. The fraction of sp³-hybridized carbons (Fsp3) is 0.222. The molecule has 12 heavy (non-hydrogen) atoms. The lowest BCUT2D eigenvalue weighted by Crippen LogP contribution is -1.98. The number of hydrogen-bond donors (Lipinski definition) is 1. The largest absolute Gasteiger partial charge is 0.496 e. The molecule has 0 saturated heterocycles. The third-order valence-electron chi connectivity index (χ3n) is 1.85. The molecule has 0 aliphatic carbocycles. The Kier molecular flexibility index (Phi) is 2.33. The first kappa shape index (κ1) is 8.59. The Bertz CT molecular complexity index is 308. The Balaban J connectivity index is 3.29. The molecule has 0 radical (unpaired) electrons. The van der Waals surface area contributed by atoms with Crippen LogP contribution < -0.4 is 10.5 Å². The molecule has 0 atom stereocenters. The topological polar surface area (TPSA) is 52.3 Å². The molecule has 0 saturated carbocycles. The highest BCUT2D eigenvalue weighted by atomic mass is 16.5. The van der Waals surface area contributed by atoms with Crippen LogP contribution in [0.1, 0.15) is 15.9 Å². The molecule has 0 aromatic heterocycles. The summed E-state index contributed by atoms with van der Waals surface area (Å²) in [6.45, 7) is 1.82. The van der Waals surface area contributed by atoms with E-state index in [2.05, 4.69) is 0 Å². The maximum absolute atomic E-state index is 10.5. The van der Waals surface area contributed by atoms with Gasteiger partial charge in [0.25, 0.3) is 0 Å². The van der Waals surface area contributed by atoms with Crippen molar-refractivity contribution in [1.82, 2.24) is 0 Å². The van der Waals surface area contributed by atoms with Crippen molar-refractivity contribution >= 4 is 12.0 Å². The van der Waals surface area contributed by atoms with Gasteiger partial charge in [-0.05, 0) is 19.1 Å². The smallest absolute Gasteiger partial charge is 0.152 e. The summed E-state index contributed by atoms with van der Waals surface area (Å²) in [7, 11) is 1.57. The van der Waals surface area contributed by atoms with Crippen LogP contribution in [0.3, 0.4) is 0 Å². The molecule has 0 aliphatic rings. The molecule has 3 nitrogen and oxygen atoms in total. The lowest BCUT2D eigenvalue weighted by Gasteiger charge is -2.08. The van der Waals surface area contributed by atoms with Gasteiger partial charge in [-0.25, -0.2) is 0 Å². The van der Waals surface area contributed by atoms with Crippen LogP contribution in [0.5, 0.6) is 5.75 Å². The Morgan fingerprint density at radius 3 is 2.67 bits per heavy atom. The van der Waals surface area contributed by atoms with Crippen LogP contribution in [0, 0.1) is 6.92 Å². The van der Waals surface area contributed by atoms with E-state index in [0.29, 0.717) is 17.0 Å². The average Bonchev–Trinajstić information content (AvgIpc) is 2.10. The van der Waals surface area contributed by atoms with E-state index in [9.17, 15) is 4.79 Å². The van der Waals surface area contributed by atoms with Gasteiger partial charge >= 0.3 is 0 Å². The van der Waals surface area contributed by atoms with E-state index in [1.165, 1.54) is 0 Å². The van der Waals surface area contributed by atoms with E-state index in [1.54, 1.807) is 19.2 Å². The molecule has 0 amide bonds. The third-order valence-corrected chi connectivity index (χ3v) is 1.85. The molecule has 0 spiro atoms. The Morgan fingerprint density at radius 1 is 1.50 bits per heavy atom. The second kappa shape index (κ2) is 3.26. The first-order chi connectivity index (χ1) is 5.70. The molecule has 0 unspecified atom stereocenters. The van der Waals surface area contributed by atoms with E-state index >= 15 is 0 Å². The van der Waals surface area contributed by atoms with Crippen molar-refractivity contribution in [3.8, 4) is 5.75 Å². The van der Waals surface area contributed by atoms with Crippen molar-refractivity contribution in [3.05, 3.63) is 23.3 Å². The van der Waals surface area contributed by atoms with Gasteiger partial charge in [-0.15, -0.1) is 0 Å². The molecule has 64 valence electrons. The van der Waals surface area contributed by atoms with Gasteiger partial charge in [0.15, 0.2) is 6.29 Å². The second-order valence-corrected chi connectivity index (χ2v) is 2.51. The highest BCUT2D eigenvalue weighted by molar-refractivity contribution is 5.85. The summed E-state index contributed by atoms with van der Waals surface area (Å²) in [5, 5.41) is 0. The predicted molar refractivity (Wildman–Crippen MR) is 47.5 cm³/mol. The standard InChI is InChI=1S/C9H11NO2/c1-6-8(12-2)4-3-7(5-11)9(6)10/h3-5H,10H2,1-2H3. The normalized spacial score (nSPS) is 9.50. The van der Waals surface area contributed by atoms with Crippen molar-refractivity contribution in [2.75, 3.05) is 12.8 Å². The van der Waals surface area contributed by atoms with Crippen molar-refractivity contribution in [1.29, 1.82) is 0 Å². The molecule has 0 aliphatic heterocycles. The molecule has 3 heteroatoms. The van der Waals surface area contributed by atoms with Gasteiger partial charge in [0, 0.05) is 16.8 Å². The van der Waals surface area contributed by atoms with Gasteiger partial charge in [-0.3, -0.25) is 4.79 Å². The van der Waals surface area contributed by atoms with Gasteiger partial charge in [0.1, 0.15) is 5.75 Å². The van der Waals surface area contributed by atoms with Gasteiger partial charge < -0.3 is 10.5 Å². The summed E-state index contributed by atoms with van der Waals surface area (Å²) in [4.78, 5) is 10.5. The van der Waals surface area contributed by atoms with Crippen molar-refractivity contribution in [3.63, 3.8) is 0 Å². The van der Waals surface area contributed by atoms with Crippen molar-refractivity contribution in [2.45, 2.75) is 6.92 Å². The zero-order valence-electron chi connectivity index (χ0n) is 7.13. The number of hydrogen-bond acceptors (Lipinski definition) is 3. The van der Waals surface area contributed by atoms with E-state index in [-0.39, 0.29) is 0 Å². The Labute approximate surface area is 71.1 Å². The Morgan fingerprint density at radius 2 is 2.17 bits per heavy atom. The second-order valence-electron chi connectivity index (χ2n) is 2.51. The van der Waals surface area contributed by atoms with Gasteiger partial charge in [0.05, 0.1) is 7.11 Å². The highest BCUT2D eigenvalue weighted by Crippen LogP contribution is 2.25. The summed E-state index contributed by atoms with van der Waals surface area (Å²) in [5.74, 6) is 0.707. The molecular formula is C9H11NO2. The summed E-state index contributed by atoms with van der Waals surface area (Å²) >= 11 is 0. The molecule has 0 bridgehead atoms. The lowest BCUT2D eigenvalue weighted by molar-refractivity contribution is 0.112. The zero-order valence-corrected chi connectivity index (χ0v) is 7.13. The molecule has 0 fully saturated rings. The fourth-order valence-corrected chi connectivity index (χ4v) is 1.05. The molecule has 1 rings (SSSR count). The first-order valence-corrected chi connectivity index (χ1v) is 3.59. The first-order valence-electron chi connectivity index (χ1n) is 3.59. The summed E-state index contributed by atoms with van der Waals surface area (Å²) in [6, 6.07) is 3.38. The van der Waals surface area contributed by atoms with Crippen LogP contribution in [0.15, 0.2) is 12.1 Å². The number of nitrogen functional groups attached to an aromatic ring is 1. The van der Waals surface area contributed by atoms with Gasteiger partial charge in [-0.1, -0.05) is 0 Å². The van der Waals surface area contributed by atoms with Crippen LogP contribution in [0.4, 0.5) is 5.69 Å². The number of carbonyl (C=O) groups excluding carboxylic acids is 1. The quantitative estimate of drug-likeness (QED) is 0.532.